The third-order valence-electron chi connectivity index (χ3n) is 8.09. The zero-order valence-electron chi connectivity index (χ0n) is 28.1. The lowest BCUT2D eigenvalue weighted by Crippen LogP contribution is -2.50. The number of nitrogens with one attached hydrogen (secondary N) is 2. The Morgan fingerprint density at radius 2 is 1.74 bits per heavy atom. The second-order valence-electron chi connectivity index (χ2n) is 13.0. The molecule has 2 aromatic carbocycles. The first-order chi connectivity index (χ1) is 23.3. The molecule has 11 nitrogen and oxygen atoms in total. The average molecular weight is 723 g/mol. The van der Waals surface area contributed by atoms with Crippen LogP contribution in [0, 0.1) is 17.7 Å². The van der Waals surface area contributed by atoms with E-state index in [9.17, 15) is 36.0 Å². The maximum Gasteiger partial charge on any atom is 0.501 e. The molecule has 50 heavy (non-hydrogen) atoms. The van der Waals surface area contributed by atoms with Crippen LogP contribution in [0.15, 0.2) is 53.7 Å². The predicted octanol–water partition coefficient (Wildman–Crippen LogP) is 6.03. The number of hydrogen-bond acceptors (Lipinski definition) is 9. The summed E-state index contributed by atoms with van der Waals surface area (Å²) in [6.45, 7) is 7.10. The SMILES string of the molecule is COc1cc(F)c(-c2cnc(CCC(=O)OC(C)(C)C)cn2)cc1C(=O)N[C@H]1[C@@H](C(=O)Nc2cccc(S(=O)(=O)C(F)(F)F)c2)CCC[C@@H]1C. The molecule has 2 amide bonds. The Kier molecular flexibility index (Phi) is 11.5. The maximum absolute atomic E-state index is 15.2. The van der Waals surface area contributed by atoms with E-state index in [1.165, 1.54) is 31.6 Å². The summed E-state index contributed by atoms with van der Waals surface area (Å²) in [6.07, 6.45) is 4.61. The second kappa shape index (κ2) is 15.1. The number of nitrogens with zero attached hydrogens (tertiary/aromatic N) is 2. The van der Waals surface area contributed by atoms with Gasteiger partial charge in [0, 0.05) is 36.0 Å². The molecule has 1 fully saturated rings. The van der Waals surface area contributed by atoms with E-state index < -0.39 is 61.4 Å². The highest BCUT2D eigenvalue weighted by atomic mass is 32.2. The largest absolute Gasteiger partial charge is 0.501 e. The number of benzene rings is 2. The standard InChI is InChI=1S/C34H38F4N4O7S/c1-19-8-6-11-23(31(44)41-20-9-7-10-22(14-20)50(46,47)34(36,37)38)30(19)42-32(45)25-15-24(26(35)16-28(25)48-5)27-18-39-21(17-40-27)12-13-29(43)49-33(2,3)4/h7,9-10,14-19,23,30H,6,8,11-13H2,1-5H3,(H,41,44)(H,42,45)/t19-,23-,30+/m0/s1. The number of carbonyl (C=O) groups excluding carboxylic acids is 3. The quantitative estimate of drug-likeness (QED) is 0.189. The summed E-state index contributed by atoms with van der Waals surface area (Å²) in [6, 6.07) is 5.37. The van der Waals surface area contributed by atoms with Crippen LogP contribution < -0.4 is 15.4 Å². The van der Waals surface area contributed by atoms with E-state index in [4.69, 9.17) is 9.47 Å². The van der Waals surface area contributed by atoms with Crippen molar-refractivity contribution in [3.8, 4) is 17.0 Å². The lowest BCUT2D eigenvalue weighted by molar-refractivity contribution is -0.154. The van der Waals surface area contributed by atoms with Gasteiger partial charge in [0.1, 0.15) is 17.2 Å². The van der Waals surface area contributed by atoms with Crippen molar-refractivity contribution in [1.29, 1.82) is 0 Å². The number of ether oxygens (including phenoxy) is 2. The van der Waals surface area contributed by atoms with Gasteiger partial charge < -0.3 is 20.1 Å². The molecule has 0 bridgehead atoms. The summed E-state index contributed by atoms with van der Waals surface area (Å²) in [5.74, 6) is -3.60. The number of alkyl halides is 3. The first-order valence-corrected chi connectivity index (χ1v) is 17.2. The topological polar surface area (TPSA) is 154 Å². The van der Waals surface area contributed by atoms with Crippen LogP contribution in [-0.4, -0.2) is 60.4 Å². The summed E-state index contributed by atoms with van der Waals surface area (Å²) in [4.78, 5) is 46.7. The lowest BCUT2D eigenvalue weighted by Gasteiger charge is -2.36. The minimum Gasteiger partial charge on any atom is -0.496 e. The van der Waals surface area contributed by atoms with Crippen LogP contribution >= 0.6 is 0 Å². The van der Waals surface area contributed by atoms with Gasteiger partial charge in [0.2, 0.25) is 5.91 Å². The number of amides is 2. The van der Waals surface area contributed by atoms with Crippen LogP contribution in [0.2, 0.25) is 0 Å². The van der Waals surface area contributed by atoms with Crippen molar-refractivity contribution in [1.82, 2.24) is 15.3 Å². The van der Waals surface area contributed by atoms with Gasteiger partial charge in [-0.1, -0.05) is 19.4 Å². The number of rotatable bonds is 10. The van der Waals surface area contributed by atoms with Gasteiger partial charge in [-0.15, -0.1) is 0 Å². The Morgan fingerprint density at radius 3 is 2.36 bits per heavy atom. The number of sulfone groups is 1. The average Bonchev–Trinajstić information content (AvgIpc) is 3.03. The number of carbonyl (C=O) groups is 3. The van der Waals surface area contributed by atoms with Crippen LogP contribution in [0.5, 0.6) is 5.75 Å². The highest BCUT2D eigenvalue weighted by Crippen LogP contribution is 2.34. The molecule has 1 aliphatic rings. The molecule has 1 aliphatic carbocycles. The molecule has 3 atom stereocenters. The van der Waals surface area contributed by atoms with Gasteiger partial charge in [-0.2, -0.15) is 13.2 Å². The van der Waals surface area contributed by atoms with E-state index in [0.29, 0.717) is 25.0 Å². The Bertz CT molecular complexity index is 1850. The van der Waals surface area contributed by atoms with Crippen LogP contribution in [0.1, 0.15) is 69.4 Å². The van der Waals surface area contributed by atoms with E-state index in [-0.39, 0.29) is 47.0 Å². The van der Waals surface area contributed by atoms with E-state index >= 15 is 4.39 Å². The molecule has 3 aromatic rings. The van der Waals surface area contributed by atoms with E-state index in [1.54, 1.807) is 20.8 Å². The molecule has 270 valence electrons. The molecule has 2 N–H and O–H groups in total. The van der Waals surface area contributed by atoms with E-state index in [2.05, 4.69) is 20.6 Å². The lowest BCUT2D eigenvalue weighted by atomic mass is 9.77. The number of anilines is 1. The van der Waals surface area contributed by atoms with Crippen molar-refractivity contribution < 1.29 is 49.8 Å². The minimum atomic E-state index is -5.64. The molecule has 0 saturated heterocycles. The minimum absolute atomic E-state index is 0.0539. The monoisotopic (exact) mass is 722 g/mol. The molecular formula is C34H38F4N4O7S. The van der Waals surface area contributed by atoms with Crippen LogP contribution in [0.3, 0.4) is 0 Å². The summed E-state index contributed by atoms with van der Waals surface area (Å²) in [7, 11) is -4.38. The predicted molar refractivity (Wildman–Crippen MR) is 174 cm³/mol. The third-order valence-corrected chi connectivity index (χ3v) is 9.58. The van der Waals surface area contributed by atoms with Crippen molar-refractivity contribution >= 4 is 33.3 Å². The summed E-state index contributed by atoms with van der Waals surface area (Å²) in [5.41, 5.74) is -5.85. The Morgan fingerprint density at radius 1 is 1.02 bits per heavy atom. The van der Waals surface area contributed by atoms with Crippen LogP contribution in [-0.2, 0) is 30.6 Å². The third kappa shape index (κ3) is 9.14. The number of aryl methyl sites for hydroxylation is 1. The van der Waals surface area contributed by atoms with Crippen molar-refractivity contribution in [3.05, 3.63) is 65.9 Å². The van der Waals surface area contributed by atoms with Gasteiger partial charge in [-0.3, -0.25) is 24.4 Å². The fraction of sp³-hybridized carbons (Fsp3) is 0.441. The number of hydrogen-bond donors (Lipinski definition) is 2. The highest BCUT2D eigenvalue weighted by Gasteiger charge is 2.47. The summed E-state index contributed by atoms with van der Waals surface area (Å²) < 4.78 is 88.9. The summed E-state index contributed by atoms with van der Waals surface area (Å²) >= 11 is 0. The molecule has 1 saturated carbocycles. The molecule has 0 aliphatic heterocycles. The zero-order chi connectivity index (χ0) is 37.0. The van der Waals surface area contributed by atoms with Gasteiger partial charge >= 0.3 is 11.5 Å². The van der Waals surface area contributed by atoms with E-state index in [1.807, 2.05) is 6.92 Å². The first-order valence-electron chi connectivity index (χ1n) is 15.7. The van der Waals surface area contributed by atoms with Gasteiger partial charge in [0.05, 0.1) is 47.5 Å². The van der Waals surface area contributed by atoms with Gasteiger partial charge in [-0.25, -0.2) is 12.8 Å². The molecule has 1 aromatic heterocycles. The number of esters is 1. The first kappa shape index (κ1) is 38.2. The van der Waals surface area contributed by atoms with Crippen molar-refractivity contribution in [2.45, 2.75) is 81.8 Å². The zero-order valence-corrected chi connectivity index (χ0v) is 28.9. The van der Waals surface area contributed by atoms with Crippen molar-refractivity contribution in [2.75, 3.05) is 12.4 Å². The molecule has 0 unspecified atom stereocenters. The number of aromatic nitrogens is 2. The Hall–Kier alpha value is -4.60. The van der Waals surface area contributed by atoms with Crippen molar-refractivity contribution in [2.24, 2.45) is 11.8 Å². The van der Waals surface area contributed by atoms with Crippen LogP contribution in [0.25, 0.3) is 11.3 Å². The maximum atomic E-state index is 15.2. The fourth-order valence-corrected chi connectivity index (χ4v) is 6.44. The van der Waals surface area contributed by atoms with E-state index in [0.717, 1.165) is 24.3 Å². The number of methoxy groups -OCH3 is 1. The molecular weight excluding hydrogens is 684 g/mol. The smallest absolute Gasteiger partial charge is 0.496 e. The van der Waals surface area contributed by atoms with Crippen molar-refractivity contribution in [3.63, 3.8) is 0 Å². The fourth-order valence-electron chi connectivity index (χ4n) is 5.63. The molecule has 4 rings (SSSR count). The Labute approximate surface area is 287 Å². The summed E-state index contributed by atoms with van der Waals surface area (Å²) in [5, 5.41) is 5.35. The molecule has 16 heteroatoms. The van der Waals surface area contributed by atoms with Crippen LogP contribution in [0.4, 0.5) is 23.2 Å². The van der Waals surface area contributed by atoms with Gasteiger partial charge in [0.15, 0.2) is 0 Å². The molecule has 1 heterocycles. The van der Waals surface area contributed by atoms with Gasteiger partial charge in [-0.05, 0) is 63.8 Å². The Balaban J connectivity index is 1.53. The molecule has 0 radical (unpaired) electrons. The number of halogens is 4. The van der Waals surface area contributed by atoms with Gasteiger partial charge in [0.25, 0.3) is 15.7 Å². The highest BCUT2D eigenvalue weighted by molar-refractivity contribution is 7.92. The second-order valence-corrected chi connectivity index (χ2v) is 14.9. The normalized spacial score (nSPS) is 18.2. The molecule has 0 spiro atoms.